The molecule has 0 saturated carbocycles. The summed E-state index contributed by atoms with van der Waals surface area (Å²) in [6, 6.07) is 5.40. The SMILES string of the molecule is CN(C)CC(C)(C)CNC(=O)c1ccc(N(C)C)c(N)c1. The summed E-state index contributed by atoms with van der Waals surface area (Å²) in [4.78, 5) is 16.3. The Morgan fingerprint density at radius 1 is 1.24 bits per heavy atom. The molecule has 118 valence electrons. The van der Waals surface area contributed by atoms with Crippen LogP contribution in [0, 0.1) is 5.41 Å². The van der Waals surface area contributed by atoms with Crippen LogP contribution in [0.5, 0.6) is 0 Å². The van der Waals surface area contributed by atoms with E-state index < -0.39 is 0 Å². The molecule has 0 spiro atoms. The van der Waals surface area contributed by atoms with E-state index in [1.54, 1.807) is 12.1 Å². The number of nitrogens with two attached hydrogens (primary N) is 1. The molecular weight excluding hydrogens is 264 g/mol. The standard InChI is InChI=1S/C16H28N4O/c1-16(2,11-19(3)4)10-18-15(21)12-7-8-14(20(5)6)13(17)9-12/h7-9H,10-11,17H2,1-6H3,(H,18,21). The van der Waals surface area contributed by atoms with Crippen molar-refractivity contribution < 1.29 is 4.79 Å². The maximum absolute atomic E-state index is 12.2. The minimum absolute atomic E-state index is 0.0221. The summed E-state index contributed by atoms with van der Waals surface area (Å²) in [5, 5.41) is 2.99. The Morgan fingerprint density at radius 2 is 1.86 bits per heavy atom. The fourth-order valence-corrected chi connectivity index (χ4v) is 2.44. The topological polar surface area (TPSA) is 61.6 Å². The first-order chi connectivity index (χ1) is 9.62. The maximum Gasteiger partial charge on any atom is 0.251 e. The van der Waals surface area contributed by atoms with Crippen LogP contribution in [0.3, 0.4) is 0 Å². The predicted octanol–water partition coefficient (Wildman–Crippen LogP) is 1.65. The van der Waals surface area contributed by atoms with Gasteiger partial charge in [-0.3, -0.25) is 4.79 Å². The smallest absolute Gasteiger partial charge is 0.251 e. The van der Waals surface area contributed by atoms with E-state index in [1.165, 1.54) is 0 Å². The number of carbonyl (C=O) groups excluding carboxylic acids is 1. The van der Waals surface area contributed by atoms with Gasteiger partial charge in [-0.1, -0.05) is 13.8 Å². The van der Waals surface area contributed by atoms with Crippen LogP contribution < -0.4 is 16.0 Å². The molecule has 0 aliphatic rings. The molecule has 0 bridgehead atoms. The van der Waals surface area contributed by atoms with Crippen LogP contribution in [0.4, 0.5) is 11.4 Å². The normalized spacial score (nSPS) is 11.6. The quantitative estimate of drug-likeness (QED) is 0.783. The molecule has 0 unspecified atom stereocenters. The lowest BCUT2D eigenvalue weighted by Gasteiger charge is -2.28. The minimum Gasteiger partial charge on any atom is -0.397 e. The van der Waals surface area contributed by atoms with Crippen molar-refractivity contribution in [2.24, 2.45) is 5.41 Å². The van der Waals surface area contributed by atoms with Gasteiger partial charge in [-0.25, -0.2) is 0 Å². The highest BCUT2D eigenvalue weighted by Gasteiger charge is 2.20. The van der Waals surface area contributed by atoms with E-state index in [-0.39, 0.29) is 11.3 Å². The van der Waals surface area contributed by atoms with E-state index in [1.807, 2.05) is 39.2 Å². The summed E-state index contributed by atoms with van der Waals surface area (Å²) >= 11 is 0. The zero-order valence-electron chi connectivity index (χ0n) is 14.0. The Balaban J connectivity index is 2.70. The first-order valence-electron chi connectivity index (χ1n) is 7.12. The fourth-order valence-electron chi connectivity index (χ4n) is 2.44. The van der Waals surface area contributed by atoms with Crippen LogP contribution >= 0.6 is 0 Å². The minimum atomic E-state index is -0.0844. The molecule has 0 aliphatic heterocycles. The Bertz CT molecular complexity index is 495. The van der Waals surface area contributed by atoms with Crippen molar-refractivity contribution in [3.8, 4) is 0 Å². The van der Waals surface area contributed by atoms with Crippen LogP contribution in [0.2, 0.25) is 0 Å². The number of rotatable bonds is 6. The zero-order chi connectivity index (χ0) is 16.2. The van der Waals surface area contributed by atoms with Crippen molar-refractivity contribution in [1.82, 2.24) is 10.2 Å². The fraction of sp³-hybridized carbons (Fsp3) is 0.562. The molecule has 5 heteroatoms. The Hall–Kier alpha value is -1.75. The second-order valence-corrected chi connectivity index (χ2v) is 6.75. The first kappa shape index (κ1) is 17.3. The Kier molecular flexibility index (Phi) is 5.61. The lowest BCUT2D eigenvalue weighted by Crippen LogP contribution is -2.40. The van der Waals surface area contributed by atoms with Gasteiger partial charge in [0.1, 0.15) is 0 Å². The van der Waals surface area contributed by atoms with Crippen LogP contribution in [-0.2, 0) is 0 Å². The summed E-state index contributed by atoms with van der Waals surface area (Å²) in [5.41, 5.74) is 8.13. The van der Waals surface area contributed by atoms with Gasteiger partial charge in [0, 0.05) is 32.7 Å². The van der Waals surface area contributed by atoms with Gasteiger partial charge in [0.2, 0.25) is 0 Å². The van der Waals surface area contributed by atoms with Crippen LogP contribution in [-0.4, -0.2) is 52.1 Å². The molecule has 3 N–H and O–H groups in total. The van der Waals surface area contributed by atoms with Crippen molar-refractivity contribution in [2.75, 3.05) is 51.9 Å². The molecule has 0 aromatic heterocycles. The highest BCUT2D eigenvalue weighted by atomic mass is 16.1. The third-order valence-electron chi connectivity index (χ3n) is 3.24. The van der Waals surface area contributed by atoms with Gasteiger partial charge in [-0.15, -0.1) is 0 Å². The molecule has 1 aromatic rings. The molecule has 0 radical (unpaired) electrons. The van der Waals surface area contributed by atoms with Crippen molar-refractivity contribution in [3.63, 3.8) is 0 Å². The predicted molar refractivity (Wildman–Crippen MR) is 89.8 cm³/mol. The number of hydrogen-bond donors (Lipinski definition) is 2. The van der Waals surface area contributed by atoms with Gasteiger partial charge in [0.15, 0.2) is 0 Å². The molecule has 1 rings (SSSR count). The number of benzene rings is 1. The van der Waals surface area contributed by atoms with E-state index in [0.29, 0.717) is 17.8 Å². The van der Waals surface area contributed by atoms with E-state index in [9.17, 15) is 4.79 Å². The number of hydrogen-bond acceptors (Lipinski definition) is 4. The molecule has 1 aromatic carbocycles. The molecule has 0 heterocycles. The lowest BCUT2D eigenvalue weighted by atomic mass is 9.93. The molecular formula is C16H28N4O. The van der Waals surface area contributed by atoms with Crippen molar-refractivity contribution >= 4 is 17.3 Å². The molecule has 0 saturated heterocycles. The number of nitrogen functional groups attached to an aromatic ring is 1. The number of nitrogens with zero attached hydrogens (tertiary/aromatic N) is 2. The number of nitrogens with one attached hydrogen (secondary N) is 1. The average molecular weight is 292 g/mol. The number of anilines is 2. The van der Waals surface area contributed by atoms with Gasteiger partial charge >= 0.3 is 0 Å². The number of carbonyl (C=O) groups is 1. The third kappa shape index (κ3) is 5.27. The van der Waals surface area contributed by atoms with Crippen LogP contribution in [0.15, 0.2) is 18.2 Å². The van der Waals surface area contributed by atoms with E-state index >= 15 is 0 Å². The molecule has 0 fully saturated rings. The average Bonchev–Trinajstić information content (AvgIpc) is 2.33. The zero-order valence-corrected chi connectivity index (χ0v) is 14.0. The summed E-state index contributed by atoms with van der Waals surface area (Å²) in [5.74, 6) is -0.0844. The second kappa shape index (κ2) is 6.80. The summed E-state index contributed by atoms with van der Waals surface area (Å²) in [6.07, 6.45) is 0. The third-order valence-corrected chi connectivity index (χ3v) is 3.24. The maximum atomic E-state index is 12.2. The van der Waals surface area contributed by atoms with Gasteiger partial charge in [-0.2, -0.15) is 0 Å². The van der Waals surface area contributed by atoms with Crippen molar-refractivity contribution in [3.05, 3.63) is 23.8 Å². The molecule has 5 nitrogen and oxygen atoms in total. The summed E-state index contributed by atoms with van der Waals surface area (Å²) in [6.45, 7) is 5.81. The molecule has 21 heavy (non-hydrogen) atoms. The lowest BCUT2D eigenvalue weighted by molar-refractivity contribution is 0.0929. The largest absolute Gasteiger partial charge is 0.397 e. The van der Waals surface area contributed by atoms with Crippen molar-refractivity contribution in [1.29, 1.82) is 0 Å². The van der Waals surface area contributed by atoms with E-state index in [0.717, 1.165) is 12.2 Å². The van der Waals surface area contributed by atoms with Gasteiger partial charge in [-0.05, 0) is 37.7 Å². The highest BCUT2D eigenvalue weighted by Crippen LogP contribution is 2.22. The molecule has 0 aliphatic carbocycles. The van der Waals surface area contributed by atoms with Crippen LogP contribution in [0.25, 0.3) is 0 Å². The highest BCUT2D eigenvalue weighted by molar-refractivity contribution is 5.96. The van der Waals surface area contributed by atoms with Crippen molar-refractivity contribution in [2.45, 2.75) is 13.8 Å². The van der Waals surface area contributed by atoms with E-state index in [4.69, 9.17) is 5.73 Å². The van der Waals surface area contributed by atoms with Gasteiger partial charge in [0.25, 0.3) is 5.91 Å². The molecule has 0 atom stereocenters. The molecule has 1 amide bonds. The summed E-state index contributed by atoms with van der Waals surface area (Å²) in [7, 11) is 7.92. The monoisotopic (exact) mass is 292 g/mol. The van der Waals surface area contributed by atoms with Gasteiger partial charge < -0.3 is 20.9 Å². The Morgan fingerprint density at radius 3 is 2.33 bits per heavy atom. The van der Waals surface area contributed by atoms with Crippen LogP contribution in [0.1, 0.15) is 24.2 Å². The first-order valence-corrected chi connectivity index (χ1v) is 7.12. The Labute approximate surface area is 128 Å². The number of amides is 1. The van der Waals surface area contributed by atoms with Gasteiger partial charge in [0.05, 0.1) is 11.4 Å². The second-order valence-electron chi connectivity index (χ2n) is 6.75. The van der Waals surface area contributed by atoms with E-state index in [2.05, 4.69) is 24.1 Å². The summed E-state index contributed by atoms with van der Waals surface area (Å²) < 4.78 is 0.